The molecule has 0 saturated carbocycles. The van der Waals surface area contributed by atoms with Gasteiger partial charge in [0.1, 0.15) is 12.2 Å². The lowest BCUT2D eigenvalue weighted by Crippen LogP contribution is -2.47. The minimum Gasteiger partial charge on any atom is -0.380 e. The van der Waals surface area contributed by atoms with Gasteiger partial charge in [-0.1, -0.05) is 67.7 Å². The van der Waals surface area contributed by atoms with E-state index in [4.69, 9.17) is 11.6 Å². The number of hydrogen-bond donors (Lipinski definition) is 4. The maximum absolute atomic E-state index is 14.2. The van der Waals surface area contributed by atoms with E-state index in [2.05, 4.69) is 47.4 Å². The summed E-state index contributed by atoms with van der Waals surface area (Å²) in [5, 5.41) is 3.61. The zero-order chi connectivity index (χ0) is 48.8. The fourth-order valence-electron chi connectivity index (χ4n) is 8.15. The largest absolute Gasteiger partial charge is 0.501 e. The molecule has 0 radical (unpaired) electrons. The first-order valence-electron chi connectivity index (χ1n) is 21.8. The second-order valence-electron chi connectivity index (χ2n) is 17.9. The lowest BCUT2D eigenvalue weighted by molar-refractivity contribution is -0.0435. The van der Waals surface area contributed by atoms with E-state index in [9.17, 15) is 44.6 Å². The van der Waals surface area contributed by atoms with Crippen molar-refractivity contribution >= 4 is 79.7 Å². The van der Waals surface area contributed by atoms with E-state index >= 15 is 0 Å². The van der Waals surface area contributed by atoms with Crippen LogP contribution in [0.3, 0.4) is 0 Å². The van der Waals surface area contributed by atoms with Crippen molar-refractivity contribution in [3.05, 3.63) is 119 Å². The third kappa shape index (κ3) is 14.6. The first-order valence-corrected chi connectivity index (χ1v) is 28.2. The van der Waals surface area contributed by atoms with Crippen LogP contribution in [-0.2, 0) is 19.9 Å². The van der Waals surface area contributed by atoms with Gasteiger partial charge in [-0.2, -0.15) is 13.2 Å². The molecule has 0 aromatic heterocycles. The van der Waals surface area contributed by atoms with Gasteiger partial charge in [0, 0.05) is 78.4 Å². The molecular weight excluding hydrogens is 966 g/mol. The first-order chi connectivity index (χ1) is 31.4. The van der Waals surface area contributed by atoms with Gasteiger partial charge in [-0.25, -0.2) is 21.6 Å². The van der Waals surface area contributed by atoms with Crippen LogP contribution >= 0.6 is 30.7 Å². The molecule has 0 unspecified atom stereocenters. The van der Waals surface area contributed by atoms with E-state index < -0.39 is 60.1 Å². The Hall–Kier alpha value is -3.84. The Labute approximate surface area is 401 Å². The van der Waals surface area contributed by atoms with Gasteiger partial charge < -0.3 is 24.9 Å². The molecule has 6 rings (SSSR count). The second kappa shape index (κ2) is 21.8. The van der Waals surface area contributed by atoms with E-state index in [0.29, 0.717) is 17.6 Å². The number of anilines is 2. The van der Waals surface area contributed by atoms with E-state index in [1.807, 2.05) is 47.2 Å². The van der Waals surface area contributed by atoms with Crippen LogP contribution in [-0.4, -0.2) is 125 Å². The summed E-state index contributed by atoms with van der Waals surface area (Å²) in [5.41, 5.74) is -1.24. The van der Waals surface area contributed by atoms with Crippen LogP contribution < -0.4 is 14.9 Å². The summed E-state index contributed by atoms with van der Waals surface area (Å²) in [6, 6.07) is 25.1. The highest BCUT2D eigenvalue weighted by atomic mass is 35.5. The van der Waals surface area contributed by atoms with Crippen molar-refractivity contribution in [2.75, 3.05) is 75.0 Å². The number of nitrogens with one attached hydrogen (secondary N) is 2. The Kier molecular flexibility index (Phi) is 17.1. The van der Waals surface area contributed by atoms with Gasteiger partial charge in [-0.3, -0.25) is 9.69 Å². The Morgan fingerprint density at radius 3 is 2.22 bits per heavy atom. The Bertz CT molecular complexity index is 2660. The van der Waals surface area contributed by atoms with Crippen LogP contribution in [0.15, 0.2) is 117 Å². The number of benzene rings is 4. The fourth-order valence-corrected chi connectivity index (χ4v) is 12.0. The molecule has 1 aliphatic carbocycles. The molecule has 12 nitrogen and oxygen atoms in total. The van der Waals surface area contributed by atoms with Crippen LogP contribution in [0.4, 0.5) is 24.5 Å². The van der Waals surface area contributed by atoms with Gasteiger partial charge >= 0.3 is 5.51 Å². The van der Waals surface area contributed by atoms with Gasteiger partial charge in [0.2, 0.25) is 0 Å². The predicted octanol–water partition coefficient (Wildman–Crippen LogP) is 8.70. The molecule has 67 heavy (non-hydrogen) atoms. The minimum absolute atomic E-state index is 0.0239. The smallest absolute Gasteiger partial charge is 0.380 e. The zero-order valence-corrected chi connectivity index (χ0v) is 41.8. The molecule has 4 aromatic rings. The van der Waals surface area contributed by atoms with E-state index in [1.54, 1.807) is 24.1 Å². The number of alkyl halides is 3. The highest BCUT2D eigenvalue weighted by Gasteiger charge is 2.48. The summed E-state index contributed by atoms with van der Waals surface area (Å²) in [6.45, 7) is 9.12. The van der Waals surface area contributed by atoms with Gasteiger partial charge in [-0.05, 0) is 123 Å². The van der Waals surface area contributed by atoms with Crippen molar-refractivity contribution < 1.29 is 44.6 Å². The van der Waals surface area contributed by atoms with Crippen LogP contribution in [0.5, 0.6) is 0 Å². The number of piperazine rings is 1. The van der Waals surface area contributed by atoms with Crippen molar-refractivity contribution in [2.24, 2.45) is 5.41 Å². The number of carbonyl (C=O) groups is 1. The summed E-state index contributed by atoms with van der Waals surface area (Å²) in [5.74, 6) is -0.786. The normalized spacial score (nSPS) is 16.8. The topological polar surface area (TPSA) is 160 Å². The molecule has 1 atom stereocenters. The summed E-state index contributed by atoms with van der Waals surface area (Å²) < 4.78 is 97.7. The van der Waals surface area contributed by atoms with Crippen molar-refractivity contribution in [2.45, 2.75) is 65.8 Å². The molecule has 1 aliphatic heterocycles. The number of hydrogen-bond acceptors (Lipinski definition) is 12. The Morgan fingerprint density at radius 2 is 1.60 bits per heavy atom. The number of thioether (sulfide) groups is 1. The third-order valence-corrected chi connectivity index (χ3v) is 17.2. The number of allylic oxidation sites excluding steroid dienone is 1. The summed E-state index contributed by atoms with van der Waals surface area (Å²) in [7, 11) is -12.6. The van der Waals surface area contributed by atoms with Gasteiger partial charge in [0.05, 0.1) is 10.6 Å². The second-order valence-corrected chi connectivity index (χ2v) is 25.3. The highest BCUT2D eigenvalue weighted by molar-refractivity contribution is 7.99. The monoisotopic (exact) mass is 1020 g/mol. The number of sulfonamides is 1. The lowest BCUT2D eigenvalue weighted by Gasteiger charge is -2.39. The maximum atomic E-state index is 14.2. The molecule has 4 N–H and O–H groups in total. The van der Waals surface area contributed by atoms with Gasteiger partial charge in [0.25, 0.3) is 25.8 Å². The number of halogens is 4. The number of nitrogens with zero attached hydrogens (tertiary/aromatic N) is 3. The molecule has 1 saturated heterocycles. The molecule has 2 aliphatic rings. The van der Waals surface area contributed by atoms with E-state index in [-0.39, 0.29) is 35.9 Å². The molecule has 0 spiro atoms. The highest BCUT2D eigenvalue weighted by Crippen LogP contribution is 2.43. The van der Waals surface area contributed by atoms with E-state index in [0.717, 1.165) is 74.7 Å². The molecule has 0 bridgehead atoms. The van der Waals surface area contributed by atoms with Crippen molar-refractivity contribution in [3.8, 4) is 0 Å². The fraction of sp³-hybridized carbons (Fsp3) is 0.404. The van der Waals surface area contributed by atoms with Crippen LogP contribution in [0.2, 0.25) is 5.02 Å². The summed E-state index contributed by atoms with van der Waals surface area (Å²) in [4.78, 5) is 37.9. The van der Waals surface area contributed by atoms with Crippen molar-refractivity contribution in [1.29, 1.82) is 0 Å². The first kappa shape index (κ1) is 52.5. The number of sulfone groups is 1. The SMILES string of the molecule is C=P(O)(O)CCN(C)CC[C@H](CSc1ccccc1)Nc1ccc(S(=O)(=O)NC(=O)c2ccc(N3CCN(CC4=C(c5ccc(Cl)cc5)CCC(C)(C)C4)CC3)cc2)cc1S(=O)(=O)C(F)(F)F. The van der Waals surface area contributed by atoms with Gasteiger partial charge in [-0.15, -0.1) is 11.8 Å². The molecule has 1 amide bonds. The molecule has 1 heterocycles. The molecule has 1 fully saturated rings. The minimum atomic E-state index is -6.12. The summed E-state index contributed by atoms with van der Waals surface area (Å²) >= 11 is 7.56. The molecule has 20 heteroatoms. The Morgan fingerprint density at radius 1 is 0.940 bits per heavy atom. The van der Waals surface area contributed by atoms with E-state index in [1.165, 1.54) is 40.6 Å². The molecule has 4 aromatic carbocycles. The zero-order valence-electron chi connectivity index (χ0n) is 37.7. The third-order valence-electron chi connectivity index (χ3n) is 12.0. The quantitative estimate of drug-likeness (QED) is 0.0524. The predicted molar refractivity (Wildman–Crippen MR) is 265 cm³/mol. The maximum Gasteiger partial charge on any atom is 0.501 e. The summed E-state index contributed by atoms with van der Waals surface area (Å²) in [6.07, 6.45) is 6.79. The number of amides is 1. The van der Waals surface area contributed by atoms with Gasteiger partial charge in [0.15, 0.2) is 0 Å². The van der Waals surface area contributed by atoms with Crippen molar-refractivity contribution in [3.63, 3.8) is 0 Å². The lowest BCUT2D eigenvalue weighted by atomic mass is 9.73. The standard InChI is InChI=1S/C47H58ClF3N5O7PS3/c1-46(2)22-20-42(34-10-14-37(48)15-11-34)36(31-46)32-55-24-26-56(27-25-55)39-16-12-35(13-17-39)45(57)53-67(62,63)41-18-19-43(44(30-41)66(60,61)47(49,50)51)52-38(33-65-40-8-6-5-7-9-40)21-23-54(3)28-29-64(4,58)59/h5-19,30,38,52,58-59H,4,20-29,31-33H2,1-3H3,(H,53,57)/t38-/m1/s1. The number of carbonyl (C=O) groups excluding carboxylic acids is 1. The van der Waals surface area contributed by atoms with Crippen LogP contribution in [0.25, 0.3) is 5.57 Å². The average Bonchev–Trinajstić information content (AvgIpc) is 3.26. The molecular formula is C47H58ClF3N5O7PS3. The average molecular weight is 1020 g/mol. The molecule has 364 valence electrons. The van der Waals surface area contributed by atoms with Crippen LogP contribution in [0.1, 0.15) is 55.5 Å². The van der Waals surface area contributed by atoms with Crippen molar-refractivity contribution in [1.82, 2.24) is 14.5 Å². The Balaban J connectivity index is 1.13. The number of rotatable bonds is 19. The van der Waals surface area contributed by atoms with Crippen LogP contribution in [0, 0.1) is 5.41 Å².